The molecule has 0 radical (unpaired) electrons. The number of alkyl halides is 1. The summed E-state index contributed by atoms with van der Waals surface area (Å²) in [6.45, 7) is 36.7. The van der Waals surface area contributed by atoms with E-state index in [1.807, 2.05) is 20.8 Å². The van der Waals surface area contributed by atoms with Crippen LogP contribution in [0, 0.1) is 17.3 Å². The SMILES string of the molecule is C=C([C@H](C)CC1CC[C@@H]2O[C@@H](CCCOC(C)=O)C[C@]2(CI)O1)[C@@H](C[C@@H]1O[C@H](CC(CO[Si](C)(C)C(C)(C)C)O[Si](C)(C)C(C)(C)C)[C@H](OC)[C@H]1CS(=O)(=O)c1ccccc1)OC(=O)C(C)(C)C. The second kappa shape index (κ2) is 23.8. The highest BCUT2D eigenvalue weighted by Gasteiger charge is 2.53. The highest BCUT2D eigenvalue weighted by molar-refractivity contribution is 14.1. The first-order chi connectivity index (χ1) is 31.3. The molecule has 1 aromatic rings. The fourth-order valence-electron chi connectivity index (χ4n) is 9.13. The molecule has 0 amide bonds. The number of carbonyl (C=O) groups is 2. The van der Waals surface area contributed by atoms with E-state index in [1.54, 1.807) is 37.4 Å². The van der Waals surface area contributed by atoms with E-state index in [1.165, 1.54) is 6.92 Å². The van der Waals surface area contributed by atoms with Gasteiger partial charge in [-0.15, -0.1) is 0 Å². The number of halogens is 1. The summed E-state index contributed by atoms with van der Waals surface area (Å²) < 4.78 is 82.1. The van der Waals surface area contributed by atoms with Gasteiger partial charge in [-0.1, -0.05) is 95.8 Å². The quantitative estimate of drug-likeness (QED) is 0.0257. The number of methoxy groups -OCH3 is 1. The van der Waals surface area contributed by atoms with Crippen molar-refractivity contribution < 1.29 is 55.3 Å². The van der Waals surface area contributed by atoms with E-state index in [2.05, 4.69) is 104 Å². The number of esters is 2. The normalized spacial score (nSPS) is 27.6. The lowest BCUT2D eigenvalue weighted by Gasteiger charge is -2.42. The molecule has 3 heterocycles. The second-order valence-corrected chi connectivity index (χ2v) is 36.4. The average Bonchev–Trinajstić information content (AvgIpc) is 3.75. The zero-order valence-electron chi connectivity index (χ0n) is 44.5. The van der Waals surface area contributed by atoms with Crippen LogP contribution in [0.3, 0.4) is 0 Å². The van der Waals surface area contributed by atoms with Crippen LogP contribution < -0.4 is 0 Å². The van der Waals surface area contributed by atoms with Crippen LogP contribution in [0.15, 0.2) is 47.4 Å². The monoisotopic (exact) mass is 1120 g/mol. The number of carbonyl (C=O) groups excluding carboxylic acids is 2. The molecule has 11 atom stereocenters. The Hall–Kier alpha value is -1.23. The maximum absolute atomic E-state index is 14.3. The van der Waals surface area contributed by atoms with E-state index in [0.29, 0.717) is 26.1 Å². The molecular weight excluding hydrogens is 1030 g/mol. The summed E-state index contributed by atoms with van der Waals surface area (Å²) in [4.78, 5) is 25.4. The van der Waals surface area contributed by atoms with Crippen molar-refractivity contribution in [3.8, 4) is 0 Å². The maximum Gasteiger partial charge on any atom is 0.311 e. The zero-order chi connectivity index (χ0) is 51.3. The summed E-state index contributed by atoms with van der Waals surface area (Å²) >= 11 is 2.41. The predicted molar refractivity (Wildman–Crippen MR) is 283 cm³/mol. The fraction of sp³-hybridized carbons (Fsp3) is 0.808. The molecule has 3 aliphatic heterocycles. The van der Waals surface area contributed by atoms with E-state index in [9.17, 15) is 18.0 Å². The van der Waals surface area contributed by atoms with Gasteiger partial charge in [0.2, 0.25) is 0 Å². The molecule has 0 spiro atoms. The van der Waals surface area contributed by atoms with Crippen LogP contribution in [0.1, 0.15) is 128 Å². The molecule has 3 fully saturated rings. The van der Waals surface area contributed by atoms with Gasteiger partial charge in [0.1, 0.15) is 11.7 Å². The zero-order valence-corrected chi connectivity index (χ0v) is 49.5. The minimum absolute atomic E-state index is 0.0100. The number of ether oxygens (including phenoxy) is 6. The minimum Gasteiger partial charge on any atom is -0.466 e. The molecule has 3 saturated heterocycles. The third-order valence-corrected chi connectivity index (χ3v) is 27.6. The van der Waals surface area contributed by atoms with Crippen LogP contribution in [0.5, 0.6) is 0 Å². The second-order valence-electron chi connectivity index (χ2n) is 24.0. The van der Waals surface area contributed by atoms with Gasteiger partial charge in [0, 0.05) is 43.6 Å². The first-order valence-corrected chi connectivity index (χ1v) is 34.0. The van der Waals surface area contributed by atoms with Gasteiger partial charge in [-0.2, -0.15) is 0 Å². The Labute approximate surface area is 427 Å². The van der Waals surface area contributed by atoms with Gasteiger partial charge in [0.05, 0.1) is 72.0 Å². The molecule has 4 rings (SSSR count). The van der Waals surface area contributed by atoms with Crippen molar-refractivity contribution in [1.29, 1.82) is 0 Å². The van der Waals surface area contributed by atoms with Crippen molar-refractivity contribution in [1.82, 2.24) is 0 Å². The molecule has 16 heteroatoms. The summed E-state index contributed by atoms with van der Waals surface area (Å²) in [6.07, 6.45) is 2.23. The van der Waals surface area contributed by atoms with Gasteiger partial charge >= 0.3 is 11.9 Å². The Morgan fingerprint density at radius 1 is 0.897 bits per heavy atom. The van der Waals surface area contributed by atoms with Gasteiger partial charge in [-0.25, -0.2) is 8.42 Å². The fourth-order valence-corrected chi connectivity index (χ4v) is 14.2. The van der Waals surface area contributed by atoms with Gasteiger partial charge in [-0.3, -0.25) is 9.59 Å². The van der Waals surface area contributed by atoms with Crippen molar-refractivity contribution in [2.45, 2.75) is 223 Å². The molecule has 1 aromatic carbocycles. The summed E-state index contributed by atoms with van der Waals surface area (Å²) in [6, 6.07) is 8.51. The Morgan fingerprint density at radius 2 is 1.53 bits per heavy atom. The van der Waals surface area contributed by atoms with E-state index >= 15 is 0 Å². The summed E-state index contributed by atoms with van der Waals surface area (Å²) in [5.74, 6) is -1.62. The number of hydrogen-bond donors (Lipinski definition) is 0. The van der Waals surface area contributed by atoms with Crippen LogP contribution in [-0.4, -0.2) is 122 Å². The number of sulfone groups is 1. The van der Waals surface area contributed by atoms with Crippen LogP contribution in [-0.2, 0) is 56.7 Å². The molecule has 2 unspecified atom stereocenters. The Balaban J connectivity index is 1.66. The summed E-state index contributed by atoms with van der Waals surface area (Å²) in [5, 5.41) is -0.0868. The molecule has 68 heavy (non-hydrogen) atoms. The molecule has 0 N–H and O–H groups in total. The lowest BCUT2D eigenvalue weighted by Crippen LogP contribution is -2.50. The van der Waals surface area contributed by atoms with E-state index in [0.717, 1.165) is 42.1 Å². The molecule has 3 aliphatic rings. The number of fused-ring (bicyclic) bond motifs is 1. The predicted octanol–water partition coefficient (Wildman–Crippen LogP) is 11.4. The topological polar surface area (TPSA) is 142 Å². The number of rotatable bonds is 23. The van der Waals surface area contributed by atoms with E-state index < -0.39 is 67.8 Å². The van der Waals surface area contributed by atoms with Crippen molar-refractivity contribution >= 4 is 61.0 Å². The molecule has 0 saturated carbocycles. The summed E-state index contributed by atoms with van der Waals surface area (Å²) in [7, 11) is -6.71. The number of benzene rings is 1. The molecule has 0 bridgehead atoms. The van der Waals surface area contributed by atoms with Gasteiger partial charge in [-0.05, 0) is 113 Å². The molecule has 12 nitrogen and oxygen atoms in total. The third kappa shape index (κ3) is 15.6. The van der Waals surface area contributed by atoms with Crippen LogP contribution >= 0.6 is 22.6 Å². The highest BCUT2D eigenvalue weighted by atomic mass is 127. The molecule has 0 aromatic heterocycles. The van der Waals surface area contributed by atoms with Crippen LogP contribution in [0.4, 0.5) is 0 Å². The van der Waals surface area contributed by atoms with Gasteiger partial charge < -0.3 is 37.3 Å². The standard InChI is InChI=1S/C52H89IO12SSi2/c1-35(28-38-25-26-46-52(34-53,64-38)31-39(61-46)22-21-27-59-37(3)54)36(2)43(63-48(55)49(4,5)6)30-44-42(33-66(56,57)41-23-19-18-20-24-41)47(58-13)45(62-44)29-40(65-68(16,17)51(10,11)12)32-60-67(14,15)50(7,8)9/h18-20,23-24,35,38-40,42-47H,2,21-22,25-34H2,1,3-17H3/t35-,38?,39+,40?,42+,43-,44+,45-,46+,47-,52-/m1/s1. The van der Waals surface area contributed by atoms with Crippen LogP contribution in [0.25, 0.3) is 0 Å². The smallest absolute Gasteiger partial charge is 0.311 e. The van der Waals surface area contributed by atoms with Gasteiger partial charge in [0.15, 0.2) is 26.5 Å². The Morgan fingerprint density at radius 3 is 2.09 bits per heavy atom. The van der Waals surface area contributed by atoms with E-state index in [4.69, 9.17) is 37.3 Å². The number of hydrogen-bond acceptors (Lipinski definition) is 12. The van der Waals surface area contributed by atoms with Crippen molar-refractivity contribution in [3.05, 3.63) is 42.5 Å². The minimum atomic E-state index is -3.81. The van der Waals surface area contributed by atoms with Crippen LogP contribution in [0.2, 0.25) is 36.3 Å². The largest absolute Gasteiger partial charge is 0.466 e. The lowest BCUT2D eigenvalue weighted by atomic mass is 9.83. The first kappa shape index (κ1) is 59.3. The van der Waals surface area contributed by atoms with Crippen molar-refractivity contribution in [3.63, 3.8) is 0 Å². The maximum atomic E-state index is 14.3. The van der Waals surface area contributed by atoms with Crippen molar-refractivity contribution in [2.75, 3.05) is 30.5 Å². The first-order valence-electron chi connectivity index (χ1n) is 25.0. The molecule has 390 valence electrons. The Bertz CT molecular complexity index is 1930. The van der Waals surface area contributed by atoms with Crippen molar-refractivity contribution in [2.24, 2.45) is 17.3 Å². The average molecular weight is 1120 g/mol. The summed E-state index contributed by atoms with van der Waals surface area (Å²) in [5.41, 5.74) is -0.499. The molecular formula is C52H89IO12SSi2. The third-order valence-electron chi connectivity index (χ3n) is 15.4. The lowest BCUT2D eigenvalue weighted by molar-refractivity contribution is -0.160. The molecule has 0 aliphatic carbocycles. The van der Waals surface area contributed by atoms with Gasteiger partial charge in [0.25, 0.3) is 0 Å². The Kier molecular flexibility index (Phi) is 20.7. The van der Waals surface area contributed by atoms with E-state index in [-0.39, 0.29) is 69.4 Å². The highest BCUT2D eigenvalue weighted by Crippen LogP contribution is 2.47.